The average Bonchev–Trinajstić information content (AvgIpc) is 3.39. The number of hydrazone groups is 1. The van der Waals surface area contributed by atoms with E-state index in [0.29, 0.717) is 12.3 Å². The molecule has 0 aliphatic carbocycles. The highest BCUT2D eigenvalue weighted by atomic mass is 35.5. The summed E-state index contributed by atoms with van der Waals surface area (Å²) in [6.07, 6.45) is 1.53. The van der Waals surface area contributed by atoms with Gasteiger partial charge >= 0.3 is 0 Å². The van der Waals surface area contributed by atoms with Crippen LogP contribution in [0.5, 0.6) is 11.5 Å². The fraction of sp³-hybridized carbons (Fsp3) is 0.233. The molecule has 9 nitrogen and oxygen atoms in total. The van der Waals surface area contributed by atoms with E-state index in [2.05, 4.69) is 20.7 Å². The predicted molar refractivity (Wildman–Crippen MR) is 163 cm³/mol. The molecule has 3 N–H and O–H groups in total. The van der Waals surface area contributed by atoms with Gasteiger partial charge in [0.1, 0.15) is 23.0 Å². The van der Waals surface area contributed by atoms with Crippen LogP contribution in [0.3, 0.4) is 0 Å². The number of halogens is 1. The maximum absolute atomic E-state index is 12.4. The lowest BCUT2D eigenvalue weighted by Gasteiger charge is -2.11. The first kappa shape index (κ1) is 30.0. The van der Waals surface area contributed by atoms with Crippen LogP contribution in [0.15, 0.2) is 76.2 Å². The van der Waals surface area contributed by atoms with Gasteiger partial charge in [0.05, 0.1) is 23.5 Å². The molecule has 41 heavy (non-hydrogen) atoms. The van der Waals surface area contributed by atoms with Crippen molar-refractivity contribution in [2.45, 2.75) is 12.3 Å². The Morgan fingerprint density at radius 2 is 1.85 bits per heavy atom. The Hall–Kier alpha value is -3.99. The van der Waals surface area contributed by atoms with Crippen molar-refractivity contribution in [3.05, 3.63) is 94.4 Å². The second-order valence-corrected chi connectivity index (χ2v) is 10.9. The molecule has 214 valence electrons. The third-order valence-corrected chi connectivity index (χ3v) is 7.14. The summed E-state index contributed by atoms with van der Waals surface area (Å²) in [5.41, 5.74) is 3.48. The number of furan rings is 1. The molecule has 0 spiro atoms. The zero-order valence-electron chi connectivity index (χ0n) is 22.7. The number of amides is 2. The van der Waals surface area contributed by atoms with Gasteiger partial charge in [0.2, 0.25) is 0 Å². The molecule has 0 aliphatic heterocycles. The number of nitrogens with zero attached hydrogens (tertiary/aromatic N) is 2. The molecule has 0 saturated heterocycles. The van der Waals surface area contributed by atoms with E-state index >= 15 is 0 Å². The van der Waals surface area contributed by atoms with Gasteiger partial charge in [-0.3, -0.25) is 9.59 Å². The van der Waals surface area contributed by atoms with E-state index in [0.717, 1.165) is 45.9 Å². The second-order valence-electron chi connectivity index (χ2n) is 9.36. The van der Waals surface area contributed by atoms with Crippen LogP contribution >= 0.6 is 23.4 Å². The van der Waals surface area contributed by atoms with Gasteiger partial charge < -0.3 is 24.5 Å². The monoisotopic (exact) mass is 594 g/mol. The number of nitrogens with one attached hydrogen (secondary N) is 2. The third kappa shape index (κ3) is 8.75. The van der Waals surface area contributed by atoms with Gasteiger partial charge in [-0.25, -0.2) is 5.43 Å². The number of carbonyl (C=O) groups is 2. The molecular weight excluding hydrogens is 564 g/mol. The molecule has 0 bridgehead atoms. The van der Waals surface area contributed by atoms with Crippen molar-refractivity contribution in [1.82, 2.24) is 15.6 Å². The van der Waals surface area contributed by atoms with Crippen LogP contribution < -0.4 is 15.5 Å². The summed E-state index contributed by atoms with van der Waals surface area (Å²) >= 11 is 7.56. The summed E-state index contributed by atoms with van der Waals surface area (Å²) < 4.78 is 11.6. The van der Waals surface area contributed by atoms with Crippen molar-refractivity contribution in [2.75, 3.05) is 33.0 Å². The first-order valence-corrected chi connectivity index (χ1v) is 14.4. The Balaban J connectivity index is 1.25. The maximum Gasteiger partial charge on any atom is 0.271 e. The van der Waals surface area contributed by atoms with Crippen molar-refractivity contribution in [1.29, 1.82) is 0 Å². The number of benzene rings is 3. The molecule has 1 heterocycles. The van der Waals surface area contributed by atoms with Crippen LogP contribution in [0, 0.1) is 0 Å². The zero-order chi connectivity index (χ0) is 29.2. The van der Waals surface area contributed by atoms with Crippen LogP contribution in [0.2, 0.25) is 5.02 Å². The summed E-state index contributed by atoms with van der Waals surface area (Å²) in [4.78, 5) is 26.8. The van der Waals surface area contributed by atoms with Gasteiger partial charge in [-0.05, 0) is 61.9 Å². The number of aromatic hydroxyl groups is 1. The van der Waals surface area contributed by atoms with E-state index in [1.54, 1.807) is 23.9 Å². The smallest absolute Gasteiger partial charge is 0.271 e. The largest absolute Gasteiger partial charge is 0.506 e. The number of rotatable bonds is 13. The second kappa shape index (κ2) is 14.6. The average molecular weight is 595 g/mol. The molecule has 2 amide bonds. The number of fused-ring (bicyclic) bond motifs is 1. The summed E-state index contributed by atoms with van der Waals surface area (Å²) in [6.45, 7) is 1.18. The van der Waals surface area contributed by atoms with E-state index in [1.807, 2.05) is 50.5 Å². The first-order valence-electron chi connectivity index (χ1n) is 12.8. The predicted octanol–water partition coefficient (Wildman–Crippen LogP) is 5.05. The number of carbonyl (C=O) groups excluding carboxylic acids is 2. The lowest BCUT2D eigenvalue weighted by molar-refractivity contribution is -0.122. The SMILES string of the molecule is CN(C)Cc1ccc(CSCCNC(=O)COc2ccc(C=NNC(=O)c3ccc(O)c(Cl)c3)c3ccccc23)o1. The van der Waals surface area contributed by atoms with E-state index in [-0.39, 0.29) is 28.8 Å². The molecule has 0 unspecified atom stereocenters. The molecule has 0 fully saturated rings. The van der Waals surface area contributed by atoms with Crippen molar-refractivity contribution in [3.8, 4) is 11.5 Å². The van der Waals surface area contributed by atoms with Crippen LogP contribution in [0.25, 0.3) is 10.8 Å². The summed E-state index contributed by atoms with van der Waals surface area (Å²) in [5, 5.41) is 18.2. The van der Waals surface area contributed by atoms with Crippen LogP contribution in [-0.2, 0) is 17.1 Å². The Labute approximate surface area is 247 Å². The molecule has 4 rings (SSSR count). The number of hydrogen-bond acceptors (Lipinski definition) is 8. The van der Waals surface area contributed by atoms with E-state index in [4.69, 9.17) is 20.8 Å². The van der Waals surface area contributed by atoms with Crippen molar-refractivity contribution < 1.29 is 23.8 Å². The molecule has 0 aliphatic rings. The summed E-state index contributed by atoms with van der Waals surface area (Å²) in [7, 11) is 4.00. The third-order valence-electron chi connectivity index (χ3n) is 5.86. The van der Waals surface area contributed by atoms with Gasteiger partial charge in [-0.2, -0.15) is 16.9 Å². The van der Waals surface area contributed by atoms with Gasteiger partial charge in [-0.15, -0.1) is 0 Å². The standard InChI is InChI=1S/C30H31ClN4O5S/c1-35(2)17-22-9-10-23(40-22)19-41-14-13-32-29(37)18-39-28-12-8-21(24-5-3-4-6-25(24)28)16-33-34-30(38)20-7-11-27(36)26(31)15-20/h3-12,15-16,36H,13-14,17-19H2,1-2H3,(H,32,37)(H,34,38). The van der Waals surface area contributed by atoms with Crippen LogP contribution in [-0.4, -0.2) is 61.0 Å². The zero-order valence-corrected chi connectivity index (χ0v) is 24.3. The quantitative estimate of drug-likeness (QED) is 0.113. The van der Waals surface area contributed by atoms with Gasteiger partial charge in [0.15, 0.2) is 6.61 Å². The molecule has 0 radical (unpaired) electrons. The maximum atomic E-state index is 12.4. The normalized spacial score (nSPS) is 11.3. The van der Waals surface area contributed by atoms with Crippen LogP contribution in [0.1, 0.15) is 27.4 Å². The minimum absolute atomic E-state index is 0.0788. The molecule has 3 aromatic carbocycles. The van der Waals surface area contributed by atoms with Crippen molar-refractivity contribution in [3.63, 3.8) is 0 Å². The fourth-order valence-corrected chi connectivity index (χ4v) is 4.86. The summed E-state index contributed by atoms with van der Waals surface area (Å²) in [6, 6.07) is 19.3. The molecule has 4 aromatic rings. The molecule has 1 aromatic heterocycles. The van der Waals surface area contributed by atoms with Gasteiger partial charge in [-0.1, -0.05) is 35.9 Å². The molecular formula is C30H31ClN4O5S. The minimum atomic E-state index is -0.466. The highest BCUT2D eigenvalue weighted by Gasteiger charge is 2.10. The molecule has 0 atom stereocenters. The minimum Gasteiger partial charge on any atom is -0.506 e. The van der Waals surface area contributed by atoms with E-state index < -0.39 is 5.91 Å². The highest BCUT2D eigenvalue weighted by Crippen LogP contribution is 2.28. The topological polar surface area (TPSA) is 116 Å². The van der Waals surface area contributed by atoms with E-state index in [1.165, 1.54) is 24.4 Å². The van der Waals surface area contributed by atoms with E-state index in [9.17, 15) is 14.7 Å². The molecule has 11 heteroatoms. The number of phenolic OH excluding ortho intramolecular Hbond substituents is 1. The van der Waals surface area contributed by atoms with Gasteiger partial charge in [0, 0.05) is 28.8 Å². The summed E-state index contributed by atoms with van der Waals surface area (Å²) in [5.74, 6) is 3.15. The highest BCUT2D eigenvalue weighted by molar-refractivity contribution is 7.98. The van der Waals surface area contributed by atoms with Crippen molar-refractivity contribution in [2.24, 2.45) is 5.10 Å². The Morgan fingerprint density at radius 1 is 1.07 bits per heavy atom. The fourth-order valence-electron chi connectivity index (χ4n) is 3.93. The Bertz CT molecular complexity index is 1540. The Kier molecular flexibility index (Phi) is 10.7. The first-order chi connectivity index (χ1) is 19.8. The number of phenols is 1. The van der Waals surface area contributed by atoms with Crippen LogP contribution in [0.4, 0.5) is 0 Å². The van der Waals surface area contributed by atoms with Crippen molar-refractivity contribution >= 4 is 52.2 Å². The number of hydrogen-bond donors (Lipinski definition) is 3. The van der Waals surface area contributed by atoms with Gasteiger partial charge in [0.25, 0.3) is 11.8 Å². The number of ether oxygens (including phenoxy) is 1. The molecule has 0 saturated carbocycles. The Morgan fingerprint density at radius 3 is 2.63 bits per heavy atom. The number of thioether (sulfide) groups is 1. The lowest BCUT2D eigenvalue weighted by atomic mass is 10.0. The lowest BCUT2D eigenvalue weighted by Crippen LogP contribution is -2.30.